The molecule has 92 heavy (non-hydrogen) atoms. The summed E-state index contributed by atoms with van der Waals surface area (Å²) in [6.45, 7) is 21.0. The molecule has 0 aromatic carbocycles. The Morgan fingerprint density at radius 1 is 0.402 bits per heavy atom. The number of ether oxygens (including phenoxy) is 2. The maximum absolute atomic E-state index is 10.8. The number of aromatic nitrogens is 18. The quantitative estimate of drug-likeness (QED) is 0.137. The fraction of sp³-hybridized carbons (Fsp3) is 0.250. The highest BCUT2D eigenvalue weighted by Gasteiger charge is 1.93. The molecule has 11 aromatic rings. The molecule has 0 aliphatic rings. The van der Waals surface area contributed by atoms with Gasteiger partial charge in [0.1, 0.15) is 6.33 Å². The first kappa shape index (κ1) is 79.2. The third kappa shape index (κ3) is 39.8. The summed E-state index contributed by atoms with van der Waals surface area (Å²) in [6.07, 6.45) is 25.0. The fourth-order valence-corrected chi connectivity index (χ4v) is 5.92. The number of rotatable bonds is 2. The largest absolute Gasteiger partial charge is 0.467 e. The number of aromatic amines is 3. The number of halogens is 2. The van der Waals surface area contributed by atoms with Gasteiger partial charge in [0.15, 0.2) is 0 Å². The van der Waals surface area contributed by atoms with E-state index in [4.69, 9.17) is 32.7 Å². The molecule has 0 unspecified atom stereocenters. The minimum atomic E-state index is -0.296. The first-order valence-electron chi connectivity index (χ1n) is 27.5. The molecule has 0 aliphatic heterocycles. The lowest BCUT2D eigenvalue weighted by Gasteiger charge is -1.95. The second kappa shape index (κ2) is 45.4. The van der Waals surface area contributed by atoms with Crippen LogP contribution in [0.1, 0.15) is 61.7 Å². The second-order valence-electron chi connectivity index (χ2n) is 19.1. The molecular formula is C64H78Cl2N18O8. The van der Waals surface area contributed by atoms with Gasteiger partial charge >= 0.3 is 23.4 Å². The normalized spacial score (nSPS) is 9.24. The van der Waals surface area contributed by atoms with E-state index in [1.54, 1.807) is 147 Å². The smallest absolute Gasteiger partial charge is 0.345 e. The molecule has 0 spiro atoms. The first-order valence-corrected chi connectivity index (χ1v) is 28.2. The zero-order chi connectivity index (χ0) is 69.0. The van der Waals surface area contributed by atoms with Crippen molar-refractivity contribution in [1.29, 1.82) is 0 Å². The summed E-state index contributed by atoms with van der Waals surface area (Å²) in [6, 6.07) is 21.6. The van der Waals surface area contributed by atoms with Crippen molar-refractivity contribution >= 4 is 23.2 Å². The molecule has 0 aliphatic carbocycles. The van der Waals surface area contributed by atoms with Gasteiger partial charge in [0.05, 0.1) is 14.2 Å². The van der Waals surface area contributed by atoms with E-state index in [0.717, 1.165) is 61.7 Å². The summed E-state index contributed by atoms with van der Waals surface area (Å²) in [5, 5.41) is 0.612. The SMILES string of the molecule is COc1ncc(C)cn1.COc1nccc(C)n1.Cc1ccc(=O)[nH]c1.Cc1ccc(=O)n(C)c1.Cc1ccc(=O)n(C)c1.Cc1ccn(C)c(=O)c1.Cc1ccnc(=O)[nH]1.Cc1ccnc(Cl)n1.Cc1ccncn1.Cc1cnc(=O)[nH]c1.Cc1cnc(Cl)nc1. The van der Waals surface area contributed by atoms with Crippen LogP contribution in [0.15, 0.2) is 195 Å². The Hall–Kier alpha value is -10.9. The molecule has 0 atom stereocenters. The van der Waals surface area contributed by atoms with Gasteiger partial charge in [0.2, 0.25) is 27.2 Å². The molecule has 3 N–H and O–H groups in total. The highest BCUT2D eigenvalue weighted by Crippen LogP contribution is 2.01. The Morgan fingerprint density at radius 2 is 0.913 bits per heavy atom. The molecule has 11 heterocycles. The van der Waals surface area contributed by atoms with Crippen LogP contribution in [0.5, 0.6) is 12.0 Å². The van der Waals surface area contributed by atoms with Crippen molar-refractivity contribution in [3.05, 3.63) is 301 Å². The number of pyridine rings is 4. The monoisotopic (exact) mass is 1300 g/mol. The van der Waals surface area contributed by atoms with Gasteiger partial charge in [-0.25, -0.2) is 69.4 Å². The Bertz CT molecular complexity index is 4040. The number of hydrogen-bond donors (Lipinski definition) is 3. The van der Waals surface area contributed by atoms with Crippen LogP contribution in [0.25, 0.3) is 0 Å². The van der Waals surface area contributed by atoms with Gasteiger partial charge < -0.3 is 38.1 Å². The first-order chi connectivity index (χ1) is 43.6. The number of aryl methyl sites for hydroxylation is 14. The standard InChI is InChI=1S/3C7H9NO.2C6H8N2O.C6H7NO.2C5H5ClN2.2C5H6N2O.C5H6N2/c1-6-3-4-8(2)7(9)5-6;2*1-6-3-4-7(9)8(2)5-6;1-5-3-7-6(9-2)8-4-5;1-5-3-4-7-6(8-5)9-2;1-5-2-3-6(8)7-4-5;1-4-2-7-5(6)8-3-4;1-4-2-3-7-5(6)8-4;1-4-2-6-5(8)7-3-4;1-4-2-3-6-5(8)7-4;1-5-2-3-6-4-7-5/h3*3-5H,1-2H3;2*3-4H,1-2H3;2-4H,1H3,(H,7,8);2*2-3H,1H3;2*2-3H,1H3,(H,6,7,8);2-4H,1H3. The average Bonchev–Trinajstić information content (AvgIpc) is 3.59. The predicted molar refractivity (Wildman–Crippen MR) is 357 cm³/mol. The topological polar surface area (TPSA) is 338 Å². The van der Waals surface area contributed by atoms with Crippen molar-refractivity contribution in [2.75, 3.05) is 14.2 Å². The summed E-state index contributed by atoms with van der Waals surface area (Å²) >= 11 is 10.8. The van der Waals surface area contributed by atoms with Crippen LogP contribution in [-0.2, 0) is 21.1 Å². The summed E-state index contributed by atoms with van der Waals surface area (Å²) in [7, 11) is 8.33. The Balaban J connectivity index is 0.000000506. The van der Waals surface area contributed by atoms with E-state index in [9.17, 15) is 28.8 Å². The van der Waals surface area contributed by atoms with Crippen LogP contribution in [0, 0.1) is 76.2 Å². The second-order valence-corrected chi connectivity index (χ2v) is 19.8. The molecule has 26 nitrogen and oxygen atoms in total. The Labute approximate surface area is 542 Å². The highest BCUT2D eigenvalue weighted by atomic mass is 35.5. The predicted octanol–water partition coefficient (Wildman–Crippen LogP) is 8.17. The van der Waals surface area contributed by atoms with E-state index in [1.807, 2.05) is 119 Å². The van der Waals surface area contributed by atoms with Crippen LogP contribution in [0.2, 0.25) is 10.6 Å². The van der Waals surface area contributed by atoms with Crippen molar-refractivity contribution in [2.24, 2.45) is 21.1 Å². The van der Waals surface area contributed by atoms with Crippen LogP contribution >= 0.6 is 23.2 Å². The van der Waals surface area contributed by atoms with E-state index in [0.29, 0.717) is 22.6 Å². The third-order valence-electron chi connectivity index (χ3n) is 10.4. The van der Waals surface area contributed by atoms with Crippen molar-refractivity contribution in [1.82, 2.24) is 88.5 Å². The fourth-order valence-electron chi connectivity index (χ4n) is 5.63. The van der Waals surface area contributed by atoms with E-state index >= 15 is 0 Å². The molecule has 0 amide bonds. The minimum Gasteiger partial charge on any atom is -0.467 e. The lowest BCUT2D eigenvalue weighted by Crippen LogP contribution is -2.13. The molecule has 28 heteroatoms. The van der Waals surface area contributed by atoms with E-state index < -0.39 is 0 Å². The van der Waals surface area contributed by atoms with Gasteiger partial charge in [-0.2, -0.15) is 0 Å². The van der Waals surface area contributed by atoms with Gasteiger partial charge in [0.25, 0.3) is 5.56 Å². The minimum absolute atomic E-state index is 0.0422. The number of hydrogen-bond acceptors (Lipinski definition) is 20. The zero-order valence-electron chi connectivity index (χ0n) is 54.3. The van der Waals surface area contributed by atoms with Gasteiger partial charge in [-0.05, 0) is 169 Å². The van der Waals surface area contributed by atoms with E-state index in [-0.39, 0.29) is 33.6 Å². The molecule has 11 aromatic heterocycles. The van der Waals surface area contributed by atoms with Crippen molar-refractivity contribution in [2.45, 2.75) is 76.2 Å². The lowest BCUT2D eigenvalue weighted by molar-refractivity contribution is 0.378. The van der Waals surface area contributed by atoms with E-state index in [2.05, 4.69) is 74.8 Å². The van der Waals surface area contributed by atoms with Gasteiger partial charge in [-0.1, -0.05) is 18.2 Å². The lowest BCUT2D eigenvalue weighted by atomic mass is 10.3. The summed E-state index contributed by atoms with van der Waals surface area (Å²) in [4.78, 5) is 116. The van der Waals surface area contributed by atoms with Gasteiger partial charge in [-0.15, -0.1) is 0 Å². The molecule has 0 bridgehead atoms. The van der Waals surface area contributed by atoms with Gasteiger partial charge in [0, 0.05) is 155 Å². The number of nitrogens with one attached hydrogen (secondary N) is 3. The van der Waals surface area contributed by atoms with Crippen LogP contribution < -0.4 is 43.1 Å². The number of methoxy groups -OCH3 is 2. The maximum Gasteiger partial charge on any atom is 0.345 e. The molecular weight excluding hydrogens is 1220 g/mol. The van der Waals surface area contributed by atoms with Crippen LogP contribution in [0.4, 0.5) is 0 Å². The van der Waals surface area contributed by atoms with Crippen LogP contribution in [0.3, 0.4) is 0 Å². The van der Waals surface area contributed by atoms with Crippen LogP contribution in [-0.4, -0.2) is 103 Å². The van der Waals surface area contributed by atoms with Gasteiger partial charge in [-0.3, -0.25) is 19.2 Å². The number of H-pyrrole nitrogens is 3. The van der Waals surface area contributed by atoms with Crippen molar-refractivity contribution in [3.8, 4) is 12.0 Å². The molecule has 0 radical (unpaired) electrons. The third-order valence-corrected chi connectivity index (χ3v) is 10.8. The maximum atomic E-state index is 10.8. The number of nitrogens with zero attached hydrogens (tertiary/aromatic N) is 15. The summed E-state index contributed by atoms with van der Waals surface area (Å²) in [5.74, 6) is 0. The van der Waals surface area contributed by atoms with Crippen molar-refractivity contribution < 1.29 is 9.47 Å². The zero-order valence-corrected chi connectivity index (χ0v) is 55.8. The summed E-state index contributed by atoms with van der Waals surface area (Å²) < 4.78 is 14.2. The average molecular weight is 1300 g/mol. The molecule has 0 saturated heterocycles. The highest BCUT2D eigenvalue weighted by molar-refractivity contribution is 6.28. The molecule has 11 rings (SSSR count). The van der Waals surface area contributed by atoms with E-state index in [1.165, 1.54) is 24.8 Å². The molecule has 0 saturated carbocycles. The molecule has 0 fully saturated rings. The Kier molecular flexibility index (Phi) is 39.1. The van der Waals surface area contributed by atoms with Crippen molar-refractivity contribution in [3.63, 3.8) is 0 Å². The summed E-state index contributed by atoms with van der Waals surface area (Å²) in [5.41, 5.74) is 10.5. The Morgan fingerprint density at radius 3 is 1.25 bits per heavy atom. The molecule has 486 valence electrons.